The van der Waals surface area contributed by atoms with Crippen molar-refractivity contribution in [2.45, 2.75) is 52.9 Å². The first kappa shape index (κ1) is 17.4. The van der Waals surface area contributed by atoms with Gasteiger partial charge in [0.05, 0.1) is 0 Å². The first-order valence-corrected chi connectivity index (χ1v) is 8.12. The minimum absolute atomic E-state index is 0.174. The van der Waals surface area contributed by atoms with Crippen molar-refractivity contribution in [3.63, 3.8) is 0 Å². The van der Waals surface area contributed by atoms with Crippen LogP contribution in [0.25, 0.3) is 0 Å². The maximum absolute atomic E-state index is 11.9. The normalized spacial score (nSPS) is 18.2. The molecule has 118 valence electrons. The van der Waals surface area contributed by atoms with Crippen molar-refractivity contribution in [3.05, 3.63) is 0 Å². The average molecular weight is 283 g/mol. The highest BCUT2D eigenvalue weighted by Gasteiger charge is 2.19. The maximum Gasteiger partial charge on any atom is 0.220 e. The molecule has 1 aliphatic heterocycles. The number of nitrogens with zero attached hydrogens (tertiary/aromatic N) is 1. The Morgan fingerprint density at radius 1 is 1.30 bits per heavy atom. The van der Waals surface area contributed by atoms with Crippen molar-refractivity contribution in [2.75, 3.05) is 32.7 Å². The Labute approximate surface area is 124 Å². The van der Waals surface area contributed by atoms with Gasteiger partial charge >= 0.3 is 0 Å². The first-order valence-electron chi connectivity index (χ1n) is 8.12. The number of amides is 1. The molecule has 0 aromatic rings. The predicted molar refractivity (Wildman–Crippen MR) is 84.5 cm³/mol. The van der Waals surface area contributed by atoms with Crippen LogP contribution in [0.4, 0.5) is 0 Å². The number of nitrogens with two attached hydrogens (primary N) is 1. The van der Waals surface area contributed by atoms with Gasteiger partial charge in [-0.1, -0.05) is 20.8 Å². The molecule has 0 spiro atoms. The molecule has 1 fully saturated rings. The molecule has 1 saturated heterocycles. The van der Waals surface area contributed by atoms with Crippen LogP contribution in [0, 0.1) is 11.3 Å². The number of hydrogen-bond donors (Lipinski definition) is 2. The summed E-state index contributed by atoms with van der Waals surface area (Å²) in [5, 5.41) is 3.07. The second kappa shape index (κ2) is 8.63. The Balaban J connectivity index is 2.12. The van der Waals surface area contributed by atoms with Crippen molar-refractivity contribution in [1.29, 1.82) is 0 Å². The molecule has 20 heavy (non-hydrogen) atoms. The van der Waals surface area contributed by atoms with E-state index in [-0.39, 0.29) is 11.3 Å². The smallest absolute Gasteiger partial charge is 0.220 e. The van der Waals surface area contributed by atoms with Crippen LogP contribution < -0.4 is 11.1 Å². The van der Waals surface area contributed by atoms with E-state index in [1.807, 2.05) is 0 Å². The molecule has 4 nitrogen and oxygen atoms in total. The van der Waals surface area contributed by atoms with Crippen molar-refractivity contribution in [1.82, 2.24) is 10.2 Å². The Morgan fingerprint density at radius 3 is 2.55 bits per heavy atom. The van der Waals surface area contributed by atoms with Gasteiger partial charge in [-0.3, -0.25) is 4.79 Å². The summed E-state index contributed by atoms with van der Waals surface area (Å²) in [5.74, 6) is 0.720. The molecule has 0 aliphatic carbocycles. The van der Waals surface area contributed by atoms with Crippen LogP contribution in [0.15, 0.2) is 0 Å². The molecule has 0 bridgehead atoms. The van der Waals surface area contributed by atoms with E-state index >= 15 is 0 Å². The van der Waals surface area contributed by atoms with Gasteiger partial charge in [-0.15, -0.1) is 0 Å². The van der Waals surface area contributed by atoms with E-state index < -0.39 is 0 Å². The molecule has 0 saturated carbocycles. The van der Waals surface area contributed by atoms with Gasteiger partial charge in [-0.05, 0) is 56.7 Å². The summed E-state index contributed by atoms with van der Waals surface area (Å²) >= 11 is 0. The Morgan fingerprint density at radius 2 is 1.95 bits per heavy atom. The van der Waals surface area contributed by atoms with Crippen LogP contribution in [0.5, 0.6) is 0 Å². The molecule has 0 aromatic carbocycles. The van der Waals surface area contributed by atoms with Gasteiger partial charge < -0.3 is 16.0 Å². The molecular formula is C16H33N3O. The summed E-state index contributed by atoms with van der Waals surface area (Å²) in [6.07, 6.45) is 5.16. The quantitative estimate of drug-likeness (QED) is 0.680. The zero-order valence-corrected chi connectivity index (χ0v) is 13.6. The number of carbonyl (C=O) groups excluding carboxylic acids is 1. The molecule has 1 rings (SSSR count). The van der Waals surface area contributed by atoms with Crippen LogP contribution in [-0.2, 0) is 4.79 Å². The number of rotatable bonds is 9. The zero-order chi connectivity index (χ0) is 15.0. The van der Waals surface area contributed by atoms with E-state index in [1.165, 1.54) is 25.9 Å². The van der Waals surface area contributed by atoms with Crippen LogP contribution in [0.1, 0.15) is 52.9 Å². The molecule has 3 N–H and O–H groups in total. The highest BCUT2D eigenvalue weighted by atomic mass is 16.1. The van der Waals surface area contributed by atoms with E-state index in [0.717, 1.165) is 25.9 Å². The number of hydrogen-bond acceptors (Lipinski definition) is 3. The van der Waals surface area contributed by atoms with Gasteiger partial charge in [-0.2, -0.15) is 0 Å². The Bertz CT molecular complexity index is 285. The van der Waals surface area contributed by atoms with Crippen molar-refractivity contribution in [2.24, 2.45) is 17.1 Å². The highest BCUT2D eigenvalue weighted by Crippen LogP contribution is 2.25. The SMILES string of the molecule is CC(CNC(=O)CCC(C)(C)CCN)CN1CCCC1. The minimum Gasteiger partial charge on any atom is -0.356 e. The fourth-order valence-corrected chi connectivity index (χ4v) is 2.81. The van der Waals surface area contributed by atoms with Gasteiger partial charge in [0, 0.05) is 19.5 Å². The first-order chi connectivity index (χ1) is 9.43. The molecule has 1 atom stereocenters. The van der Waals surface area contributed by atoms with E-state index in [1.54, 1.807) is 0 Å². The Kier molecular flexibility index (Phi) is 7.52. The van der Waals surface area contributed by atoms with Crippen LogP contribution in [0.2, 0.25) is 0 Å². The summed E-state index contributed by atoms with van der Waals surface area (Å²) < 4.78 is 0. The third kappa shape index (κ3) is 7.25. The zero-order valence-electron chi connectivity index (χ0n) is 13.6. The lowest BCUT2D eigenvalue weighted by molar-refractivity contribution is -0.121. The third-order valence-electron chi connectivity index (χ3n) is 4.27. The molecule has 0 aromatic heterocycles. The predicted octanol–water partition coefficient (Wildman–Crippen LogP) is 1.99. The molecule has 1 aliphatic rings. The topological polar surface area (TPSA) is 58.4 Å². The average Bonchev–Trinajstić information content (AvgIpc) is 2.87. The Hall–Kier alpha value is -0.610. The van der Waals surface area contributed by atoms with E-state index in [4.69, 9.17) is 5.73 Å². The number of likely N-dealkylation sites (tertiary alicyclic amines) is 1. The van der Waals surface area contributed by atoms with Gasteiger partial charge in [0.15, 0.2) is 0 Å². The molecule has 1 heterocycles. The molecule has 1 unspecified atom stereocenters. The van der Waals surface area contributed by atoms with Crippen LogP contribution in [0.3, 0.4) is 0 Å². The summed E-state index contributed by atoms with van der Waals surface area (Å²) in [6.45, 7) is 11.6. The van der Waals surface area contributed by atoms with Crippen molar-refractivity contribution in [3.8, 4) is 0 Å². The van der Waals surface area contributed by atoms with Gasteiger partial charge in [-0.25, -0.2) is 0 Å². The fraction of sp³-hybridized carbons (Fsp3) is 0.938. The molecule has 4 heteroatoms. The van der Waals surface area contributed by atoms with Crippen molar-refractivity contribution < 1.29 is 4.79 Å². The van der Waals surface area contributed by atoms with Crippen LogP contribution >= 0.6 is 0 Å². The number of carbonyl (C=O) groups is 1. The minimum atomic E-state index is 0.174. The second-order valence-corrected chi connectivity index (χ2v) is 7.12. The maximum atomic E-state index is 11.9. The molecular weight excluding hydrogens is 250 g/mol. The van der Waals surface area contributed by atoms with Gasteiger partial charge in [0.25, 0.3) is 0 Å². The summed E-state index contributed by atoms with van der Waals surface area (Å²) in [4.78, 5) is 14.4. The lowest BCUT2D eigenvalue weighted by Gasteiger charge is -2.24. The standard InChI is InChI=1S/C16H33N3O/c1-14(13-19-10-4-5-11-19)12-18-15(20)6-7-16(2,3)8-9-17/h14H,4-13,17H2,1-3H3,(H,18,20). The molecule has 1 amide bonds. The third-order valence-corrected chi connectivity index (χ3v) is 4.27. The van der Waals surface area contributed by atoms with Gasteiger partial charge in [0.1, 0.15) is 0 Å². The van der Waals surface area contributed by atoms with Crippen LogP contribution in [-0.4, -0.2) is 43.5 Å². The van der Waals surface area contributed by atoms with Crippen molar-refractivity contribution >= 4 is 5.91 Å². The summed E-state index contributed by atoms with van der Waals surface area (Å²) in [7, 11) is 0. The van der Waals surface area contributed by atoms with Gasteiger partial charge in [0.2, 0.25) is 5.91 Å². The number of nitrogens with one attached hydrogen (secondary N) is 1. The highest BCUT2D eigenvalue weighted by molar-refractivity contribution is 5.75. The monoisotopic (exact) mass is 283 g/mol. The largest absolute Gasteiger partial charge is 0.356 e. The summed E-state index contributed by atoms with van der Waals surface area (Å²) in [5.41, 5.74) is 5.77. The van der Waals surface area contributed by atoms with E-state index in [0.29, 0.717) is 18.9 Å². The lowest BCUT2D eigenvalue weighted by atomic mass is 9.84. The lowest BCUT2D eigenvalue weighted by Crippen LogP contribution is -2.34. The second-order valence-electron chi connectivity index (χ2n) is 7.12. The van der Waals surface area contributed by atoms with E-state index in [2.05, 4.69) is 31.0 Å². The molecule has 0 radical (unpaired) electrons. The fourth-order valence-electron chi connectivity index (χ4n) is 2.81. The van der Waals surface area contributed by atoms with E-state index in [9.17, 15) is 4.79 Å². The summed E-state index contributed by atoms with van der Waals surface area (Å²) in [6, 6.07) is 0.